The van der Waals surface area contributed by atoms with Gasteiger partial charge in [-0.15, -0.1) is 11.8 Å². The zero-order chi connectivity index (χ0) is 12.3. The lowest BCUT2D eigenvalue weighted by molar-refractivity contribution is -0.137. The van der Waals surface area contributed by atoms with Crippen LogP contribution < -0.4 is 5.73 Å². The quantitative estimate of drug-likeness (QED) is 0.508. The Morgan fingerprint density at radius 2 is 1.88 bits per heavy atom. The second-order valence-electron chi connectivity index (χ2n) is 2.95. The van der Waals surface area contributed by atoms with E-state index < -0.39 is 23.9 Å². The maximum absolute atomic E-state index is 12.2. The molecule has 0 radical (unpaired) electrons. The monoisotopic (exact) mass is 257 g/mol. The maximum Gasteiger partial charge on any atom is 0.416 e. The van der Waals surface area contributed by atoms with Crippen LogP contribution in [-0.4, -0.2) is 12.2 Å². The first-order valence-corrected chi connectivity index (χ1v) is 5.17. The van der Waals surface area contributed by atoms with Crippen LogP contribution in [0.4, 0.5) is 27.6 Å². The third-order valence-electron chi connectivity index (χ3n) is 1.70. The van der Waals surface area contributed by atoms with Crippen molar-refractivity contribution in [2.45, 2.75) is 17.5 Å². The second-order valence-corrected chi connectivity index (χ2v) is 4.01. The first-order valence-electron chi connectivity index (χ1n) is 4.18. The van der Waals surface area contributed by atoms with Crippen LogP contribution in [-0.2, 0) is 6.18 Å². The van der Waals surface area contributed by atoms with Gasteiger partial charge in [0.2, 0.25) is 6.43 Å². The Hall–Kier alpha value is -0.980. The number of nitrogen functional groups attached to an aromatic ring is 1. The van der Waals surface area contributed by atoms with E-state index in [2.05, 4.69) is 0 Å². The Labute approximate surface area is 92.8 Å². The molecule has 0 bridgehead atoms. The van der Waals surface area contributed by atoms with Crippen LogP contribution in [0.5, 0.6) is 0 Å². The highest BCUT2D eigenvalue weighted by atomic mass is 32.2. The molecule has 0 saturated heterocycles. The van der Waals surface area contributed by atoms with Gasteiger partial charge in [0.05, 0.1) is 11.3 Å². The Bertz CT molecular complexity index is 363. The molecular formula is C9H8F5NS. The van der Waals surface area contributed by atoms with Gasteiger partial charge in [0, 0.05) is 10.6 Å². The number of alkyl halides is 5. The predicted molar refractivity (Wildman–Crippen MR) is 52.6 cm³/mol. The van der Waals surface area contributed by atoms with Crippen molar-refractivity contribution < 1.29 is 22.0 Å². The normalized spacial score (nSPS) is 12.1. The molecule has 0 atom stereocenters. The van der Waals surface area contributed by atoms with E-state index in [-0.39, 0.29) is 10.6 Å². The molecule has 0 aliphatic carbocycles. The zero-order valence-electron chi connectivity index (χ0n) is 7.89. The first kappa shape index (κ1) is 13.1. The molecular weight excluding hydrogens is 249 g/mol. The average molecular weight is 257 g/mol. The highest BCUT2D eigenvalue weighted by molar-refractivity contribution is 7.99. The molecule has 90 valence electrons. The molecule has 0 heterocycles. The van der Waals surface area contributed by atoms with Gasteiger partial charge in [-0.1, -0.05) is 0 Å². The fourth-order valence-electron chi connectivity index (χ4n) is 1.01. The average Bonchev–Trinajstić information content (AvgIpc) is 2.14. The van der Waals surface area contributed by atoms with Crippen molar-refractivity contribution in [3.8, 4) is 0 Å². The third-order valence-corrected chi connectivity index (χ3v) is 2.80. The van der Waals surface area contributed by atoms with Gasteiger partial charge in [0.15, 0.2) is 0 Å². The molecule has 0 aromatic heterocycles. The largest absolute Gasteiger partial charge is 0.416 e. The lowest BCUT2D eigenvalue weighted by Gasteiger charge is -2.10. The number of thioether (sulfide) groups is 1. The second kappa shape index (κ2) is 4.90. The lowest BCUT2D eigenvalue weighted by Crippen LogP contribution is -2.06. The summed E-state index contributed by atoms with van der Waals surface area (Å²) in [6.45, 7) is 0. The fourth-order valence-corrected chi connectivity index (χ4v) is 1.70. The Balaban J connectivity index is 2.84. The molecule has 1 nitrogen and oxygen atoms in total. The predicted octanol–water partition coefficient (Wildman–Crippen LogP) is 3.64. The molecule has 1 rings (SSSR count). The van der Waals surface area contributed by atoms with Crippen LogP contribution in [0.3, 0.4) is 0 Å². The van der Waals surface area contributed by atoms with Crippen LogP contribution >= 0.6 is 11.8 Å². The Morgan fingerprint density at radius 3 is 2.31 bits per heavy atom. The first-order chi connectivity index (χ1) is 7.30. The number of anilines is 1. The summed E-state index contributed by atoms with van der Waals surface area (Å²) >= 11 is 0.732. The topological polar surface area (TPSA) is 26.0 Å². The van der Waals surface area contributed by atoms with Gasteiger partial charge in [0.25, 0.3) is 0 Å². The molecule has 2 N–H and O–H groups in total. The minimum Gasteiger partial charge on any atom is -0.398 e. The highest BCUT2D eigenvalue weighted by Crippen LogP contribution is 2.34. The molecule has 0 aliphatic rings. The summed E-state index contributed by atoms with van der Waals surface area (Å²) < 4.78 is 60.5. The Kier molecular flexibility index (Phi) is 4.01. The number of benzene rings is 1. The van der Waals surface area contributed by atoms with E-state index in [0.29, 0.717) is 0 Å². The third kappa shape index (κ3) is 3.55. The molecule has 1 aromatic rings. The molecule has 0 aliphatic heterocycles. The van der Waals surface area contributed by atoms with Crippen LogP contribution in [0.15, 0.2) is 23.1 Å². The van der Waals surface area contributed by atoms with E-state index in [0.717, 1.165) is 30.0 Å². The molecule has 0 fully saturated rings. The Morgan fingerprint density at radius 1 is 1.25 bits per heavy atom. The standard InChI is InChI=1S/C9H8F5NS/c10-8(11)4-16-7-2-1-5(3-6(7)15)9(12,13)14/h1-3,8H,4,15H2. The van der Waals surface area contributed by atoms with Crippen LogP contribution in [0.1, 0.15) is 5.56 Å². The summed E-state index contributed by atoms with van der Waals surface area (Å²) in [7, 11) is 0. The van der Waals surface area contributed by atoms with Crippen molar-refractivity contribution in [3.63, 3.8) is 0 Å². The maximum atomic E-state index is 12.2. The summed E-state index contributed by atoms with van der Waals surface area (Å²) in [4.78, 5) is 0.230. The van der Waals surface area contributed by atoms with E-state index in [1.165, 1.54) is 0 Å². The van der Waals surface area contributed by atoms with Crippen LogP contribution in [0.25, 0.3) is 0 Å². The molecule has 0 unspecified atom stereocenters. The van der Waals surface area contributed by atoms with Gasteiger partial charge in [-0.2, -0.15) is 13.2 Å². The zero-order valence-corrected chi connectivity index (χ0v) is 8.71. The van der Waals surface area contributed by atoms with Gasteiger partial charge >= 0.3 is 6.18 Å². The minimum atomic E-state index is -4.47. The number of nitrogens with two attached hydrogens (primary N) is 1. The molecule has 16 heavy (non-hydrogen) atoms. The number of hydrogen-bond donors (Lipinski definition) is 1. The van der Waals surface area contributed by atoms with Gasteiger partial charge < -0.3 is 5.73 Å². The smallest absolute Gasteiger partial charge is 0.398 e. The molecule has 1 aromatic carbocycles. The number of halogens is 5. The number of hydrogen-bond acceptors (Lipinski definition) is 2. The summed E-state index contributed by atoms with van der Waals surface area (Å²) in [5.74, 6) is -0.491. The van der Waals surface area contributed by atoms with Crippen molar-refractivity contribution in [2.24, 2.45) is 0 Å². The highest BCUT2D eigenvalue weighted by Gasteiger charge is 2.30. The SMILES string of the molecule is Nc1cc(C(F)(F)F)ccc1SCC(F)F. The summed E-state index contributed by atoms with van der Waals surface area (Å²) in [5, 5.41) is 0. The van der Waals surface area contributed by atoms with E-state index in [9.17, 15) is 22.0 Å². The number of rotatable bonds is 3. The van der Waals surface area contributed by atoms with Crippen molar-refractivity contribution >= 4 is 17.4 Å². The van der Waals surface area contributed by atoms with Crippen molar-refractivity contribution in [1.29, 1.82) is 0 Å². The van der Waals surface area contributed by atoms with Gasteiger partial charge in [-0.3, -0.25) is 0 Å². The van der Waals surface area contributed by atoms with E-state index in [1.807, 2.05) is 0 Å². The summed E-state index contributed by atoms with van der Waals surface area (Å²) in [6.07, 6.45) is -6.99. The molecule has 0 amide bonds. The summed E-state index contributed by atoms with van der Waals surface area (Å²) in [6, 6.07) is 2.67. The van der Waals surface area contributed by atoms with Crippen LogP contribution in [0, 0.1) is 0 Å². The van der Waals surface area contributed by atoms with Crippen molar-refractivity contribution in [1.82, 2.24) is 0 Å². The van der Waals surface area contributed by atoms with Crippen molar-refractivity contribution in [2.75, 3.05) is 11.5 Å². The van der Waals surface area contributed by atoms with Gasteiger partial charge in [0.1, 0.15) is 0 Å². The summed E-state index contributed by atoms with van der Waals surface area (Å²) in [5.41, 5.74) is 4.32. The molecule has 7 heteroatoms. The van der Waals surface area contributed by atoms with Gasteiger partial charge in [-0.05, 0) is 18.2 Å². The minimum absolute atomic E-state index is 0.138. The van der Waals surface area contributed by atoms with Crippen LogP contribution in [0.2, 0.25) is 0 Å². The van der Waals surface area contributed by atoms with Crippen molar-refractivity contribution in [3.05, 3.63) is 23.8 Å². The van der Waals surface area contributed by atoms with E-state index in [4.69, 9.17) is 5.73 Å². The van der Waals surface area contributed by atoms with Gasteiger partial charge in [-0.25, -0.2) is 8.78 Å². The fraction of sp³-hybridized carbons (Fsp3) is 0.333. The van der Waals surface area contributed by atoms with E-state index in [1.54, 1.807) is 0 Å². The molecule has 0 spiro atoms. The molecule has 0 saturated carbocycles. The van der Waals surface area contributed by atoms with E-state index >= 15 is 0 Å². The lowest BCUT2D eigenvalue weighted by atomic mass is 10.2.